The van der Waals surface area contributed by atoms with Gasteiger partial charge in [-0.25, -0.2) is 0 Å². The van der Waals surface area contributed by atoms with Crippen LogP contribution in [-0.2, 0) is 9.53 Å². The van der Waals surface area contributed by atoms with Gasteiger partial charge in [-0.05, 0) is 18.4 Å². The lowest BCUT2D eigenvalue weighted by molar-refractivity contribution is -0.152. The van der Waals surface area contributed by atoms with Crippen LogP contribution in [0.2, 0.25) is 0 Å². The van der Waals surface area contributed by atoms with Gasteiger partial charge in [-0.3, -0.25) is 9.69 Å². The highest BCUT2D eigenvalue weighted by molar-refractivity contribution is 5.76. The summed E-state index contributed by atoms with van der Waals surface area (Å²) in [6.45, 7) is 9.14. The largest absolute Gasteiger partial charge is 0.465 e. The molecule has 2 rings (SSSR count). The van der Waals surface area contributed by atoms with Crippen LogP contribution in [0.1, 0.15) is 32.4 Å². The van der Waals surface area contributed by atoms with E-state index in [1.807, 2.05) is 13.0 Å². The summed E-state index contributed by atoms with van der Waals surface area (Å²) >= 11 is 0. The molecule has 1 aromatic carbocycles. The fourth-order valence-corrected chi connectivity index (χ4v) is 3.12. The van der Waals surface area contributed by atoms with Gasteiger partial charge >= 0.3 is 5.97 Å². The second kappa shape index (κ2) is 7.57. The van der Waals surface area contributed by atoms with Gasteiger partial charge in [0.05, 0.1) is 6.61 Å². The molecule has 1 aromatic rings. The lowest BCUT2D eigenvalue weighted by atomic mass is 9.92. The lowest BCUT2D eigenvalue weighted by Crippen LogP contribution is -2.57. The smallest absolute Gasteiger partial charge is 0.324 e. The van der Waals surface area contributed by atoms with E-state index in [1.54, 1.807) is 0 Å². The molecule has 1 aliphatic heterocycles. The first-order valence-corrected chi connectivity index (χ1v) is 7.83. The van der Waals surface area contributed by atoms with Gasteiger partial charge in [0.25, 0.3) is 0 Å². The SMILES string of the molecule is CCOC(=O)C1CNCCN1C(c1ccccc1)C(C)C. The minimum absolute atomic E-state index is 0.119. The number of esters is 1. The van der Waals surface area contributed by atoms with Crippen molar-refractivity contribution in [1.29, 1.82) is 0 Å². The van der Waals surface area contributed by atoms with Crippen LogP contribution in [0, 0.1) is 5.92 Å². The number of nitrogens with zero attached hydrogens (tertiary/aromatic N) is 1. The third kappa shape index (κ3) is 3.83. The molecule has 0 bridgehead atoms. The van der Waals surface area contributed by atoms with Crippen molar-refractivity contribution in [2.24, 2.45) is 5.92 Å². The molecule has 2 unspecified atom stereocenters. The van der Waals surface area contributed by atoms with E-state index in [0.29, 0.717) is 19.1 Å². The summed E-state index contributed by atoms with van der Waals surface area (Å²) in [5.74, 6) is 0.314. The van der Waals surface area contributed by atoms with E-state index < -0.39 is 0 Å². The van der Waals surface area contributed by atoms with Gasteiger partial charge in [-0.2, -0.15) is 0 Å². The van der Waals surface area contributed by atoms with Crippen LogP contribution in [0.4, 0.5) is 0 Å². The quantitative estimate of drug-likeness (QED) is 0.844. The van der Waals surface area contributed by atoms with E-state index in [0.717, 1.165) is 13.1 Å². The number of ether oxygens (including phenoxy) is 1. The molecule has 0 radical (unpaired) electrons. The average Bonchev–Trinajstić information content (AvgIpc) is 2.49. The summed E-state index contributed by atoms with van der Waals surface area (Å²) in [5, 5.41) is 3.31. The third-order valence-corrected chi connectivity index (χ3v) is 3.97. The van der Waals surface area contributed by atoms with Crippen molar-refractivity contribution in [3.05, 3.63) is 35.9 Å². The molecular formula is C17H26N2O2. The second-order valence-corrected chi connectivity index (χ2v) is 5.81. The fraction of sp³-hybridized carbons (Fsp3) is 0.588. The predicted octanol–water partition coefficient (Wildman–Crippen LogP) is 2.22. The summed E-state index contributed by atoms with van der Waals surface area (Å²) in [5.41, 5.74) is 1.27. The highest BCUT2D eigenvalue weighted by Crippen LogP contribution is 2.31. The average molecular weight is 290 g/mol. The minimum Gasteiger partial charge on any atom is -0.465 e. The summed E-state index contributed by atoms with van der Waals surface area (Å²) in [7, 11) is 0. The van der Waals surface area contributed by atoms with Gasteiger partial charge in [-0.1, -0.05) is 44.2 Å². The van der Waals surface area contributed by atoms with E-state index in [-0.39, 0.29) is 18.1 Å². The molecule has 1 saturated heterocycles. The van der Waals surface area contributed by atoms with Crippen molar-refractivity contribution in [3.8, 4) is 0 Å². The molecule has 21 heavy (non-hydrogen) atoms. The molecule has 1 fully saturated rings. The van der Waals surface area contributed by atoms with Crippen molar-refractivity contribution in [2.75, 3.05) is 26.2 Å². The van der Waals surface area contributed by atoms with Crippen LogP contribution in [0.5, 0.6) is 0 Å². The van der Waals surface area contributed by atoms with Crippen molar-refractivity contribution in [3.63, 3.8) is 0 Å². The number of piperazine rings is 1. The summed E-state index contributed by atoms with van der Waals surface area (Å²) in [6, 6.07) is 10.5. The summed E-state index contributed by atoms with van der Waals surface area (Å²) in [6.07, 6.45) is 0. The minimum atomic E-state index is -0.202. The first-order chi connectivity index (χ1) is 10.1. The van der Waals surface area contributed by atoms with Gasteiger partial charge < -0.3 is 10.1 Å². The molecule has 1 heterocycles. The Balaban J connectivity index is 2.26. The van der Waals surface area contributed by atoms with Crippen LogP contribution in [0.25, 0.3) is 0 Å². The Labute approximate surface area is 127 Å². The van der Waals surface area contributed by atoms with E-state index in [1.165, 1.54) is 5.56 Å². The van der Waals surface area contributed by atoms with E-state index in [4.69, 9.17) is 4.74 Å². The molecule has 4 heteroatoms. The first kappa shape index (κ1) is 16.0. The number of hydrogen-bond donors (Lipinski definition) is 1. The standard InChI is InChI=1S/C17H26N2O2/c1-4-21-17(20)15-12-18-10-11-19(15)16(13(2)3)14-8-6-5-7-9-14/h5-9,13,15-16,18H,4,10-12H2,1-3H3. The van der Waals surface area contributed by atoms with Gasteiger partial charge in [0.1, 0.15) is 6.04 Å². The Hall–Kier alpha value is -1.39. The Kier molecular flexibility index (Phi) is 5.76. The highest BCUT2D eigenvalue weighted by atomic mass is 16.5. The van der Waals surface area contributed by atoms with Crippen molar-refractivity contribution >= 4 is 5.97 Å². The van der Waals surface area contributed by atoms with Crippen LogP contribution in [0.15, 0.2) is 30.3 Å². The van der Waals surface area contributed by atoms with Crippen LogP contribution in [0.3, 0.4) is 0 Å². The zero-order chi connectivity index (χ0) is 15.2. The predicted molar refractivity (Wildman–Crippen MR) is 84.0 cm³/mol. The molecule has 0 saturated carbocycles. The van der Waals surface area contributed by atoms with Crippen LogP contribution >= 0.6 is 0 Å². The Morgan fingerprint density at radius 1 is 1.38 bits per heavy atom. The molecule has 1 N–H and O–H groups in total. The Bertz CT molecular complexity index is 447. The van der Waals surface area contributed by atoms with Crippen LogP contribution in [-0.4, -0.2) is 43.2 Å². The lowest BCUT2D eigenvalue weighted by Gasteiger charge is -2.42. The molecule has 4 nitrogen and oxygen atoms in total. The summed E-state index contributed by atoms with van der Waals surface area (Å²) < 4.78 is 5.26. The maximum Gasteiger partial charge on any atom is 0.324 e. The molecule has 0 aliphatic carbocycles. The normalized spacial score (nSPS) is 21.2. The molecule has 0 amide bonds. The maximum atomic E-state index is 12.3. The van der Waals surface area contributed by atoms with Gasteiger partial charge in [0.15, 0.2) is 0 Å². The zero-order valence-electron chi connectivity index (χ0n) is 13.2. The van der Waals surface area contributed by atoms with Crippen molar-refractivity contribution in [2.45, 2.75) is 32.9 Å². The second-order valence-electron chi connectivity index (χ2n) is 5.81. The van der Waals surface area contributed by atoms with Crippen molar-refractivity contribution in [1.82, 2.24) is 10.2 Å². The van der Waals surface area contributed by atoms with E-state index in [2.05, 4.69) is 48.3 Å². The van der Waals surface area contributed by atoms with Crippen molar-refractivity contribution < 1.29 is 9.53 Å². The Morgan fingerprint density at radius 3 is 2.71 bits per heavy atom. The number of carbonyl (C=O) groups is 1. The molecule has 116 valence electrons. The van der Waals surface area contributed by atoms with E-state index >= 15 is 0 Å². The first-order valence-electron chi connectivity index (χ1n) is 7.83. The fourth-order valence-electron chi connectivity index (χ4n) is 3.12. The number of hydrogen-bond acceptors (Lipinski definition) is 4. The third-order valence-electron chi connectivity index (χ3n) is 3.97. The number of rotatable bonds is 5. The number of nitrogens with one attached hydrogen (secondary N) is 1. The van der Waals surface area contributed by atoms with Gasteiger partial charge in [-0.15, -0.1) is 0 Å². The molecule has 1 aliphatic rings. The maximum absolute atomic E-state index is 12.3. The summed E-state index contributed by atoms with van der Waals surface area (Å²) in [4.78, 5) is 14.6. The Morgan fingerprint density at radius 2 is 2.10 bits per heavy atom. The monoisotopic (exact) mass is 290 g/mol. The molecule has 2 atom stereocenters. The molecule has 0 aromatic heterocycles. The topological polar surface area (TPSA) is 41.6 Å². The zero-order valence-corrected chi connectivity index (χ0v) is 13.2. The van der Waals surface area contributed by atoms with E-state index in [9.17, 15) is 4.79 Å². The highest BCUT2D eigenvalue weighted by Gasteiger charge is 2.36. The van der Waals surface area contributed by atoms with Gasteiger partial charge in [0.2, 0.25) is 0 Å². The number of carbonyl (C=O) groups excluding carboxylic acids is 1. The molecule has 0 spiro atoms. The number of benzene rings is 1. The van der Waals surface area contributed by atoms with Crippen LogP contribution < -0.4 is 5.32 Å². The molecular weight excluding hydrogens is 264 g/mol. The van der Waals surface area contributed by atoms with Gasteiger partial charge in [0, 0.05) is 25.7 Å².